The molecule has 3 aromatic rings. The topological polar surface area (TPSA) is 127 Å². The van der Waals surface area contributed by atoms with Crippen molar-refractivity contribution in [3.63, 3.8) is 0 Å². The number of ether oxygens (including phenoxy) is 2. The molecule has 0 bridgehead atoms. The lowest BCUT2D eigenvalue weighted by Crippen LogP contribution is -2.51. The molecule has 0 spiro atoms. The SMILES string of the molecule is C[C@]1(COc2nc3c(c(N4CCNC(CC#N)C4)n2)CCN(c2c(C(F)(F)F)ccc4[nH]nc(COCC[Si](C)(C)C)c24)C3)CCCN1. The van der Waals surface area contributed by atoms with Crippen LogP contribution >= 0.6 is 0 Å². The van der Waals surface area contributed by atoms with Gasteiger partial charge in [-0.25, -0.2) is 0 Å². The second-order valence-corrected chi connectivity index (χ2v) is 20.3. The number of hydrogen-bond donors (Lipinski definition) is 3. The molecule has 2 atom stereocenters. The molecule has 0 radical (unpaired) electrons. The normalized spacial score (nSPS) is 21.8. The zero-order chi connectivity index (χ0) is 34.1. The minimum atomic E-state index is -4.58. The predicted molar refractivity (Wildman–Crippen MR) is 181 cm³/mol. The van der Waals surface area contributed by atoms with E-state index in [0.29, 0.717) is 74.5 Å². The summed E-state index contributed by atoms with van der Waals surface area (Å²) < 4.78 is 56.3. The minimum absolute atomic E-state index is 0.0140. The number of aromatic amines is 1. The van der Waals surface area contributed by atoms with Gasteiger partial charge < -0.3 is 29.9 Å². The molecule has 1 unspecified atom stereocenters. The number of halogens is 3. The number of nitrogens with one attached hydrogen (secondary N) is 3. The number of anilines is 2. The molecule has 1 aromatic carbocycles. The van der Waals surface area contributed by atoms with E-state index in [1.165, 1.54) is 6.07 Å². The zero-order valence-corrected chi connectivity index (χ0v) is 29.3. The first kappa shape index (κ1) is 34.4. The lowest BCUT2D eigenvalue weighted by atomic mass is 9.99. The molecule has 2 fully saturated rings. The molecule has 3 aliphatic heterocycles. The third kappa shape index (κ3) is 7.72. The summed E-state index contributed by atoms with van der Waals surface area (Å²) in [6, 6.07) is 5.98. The van der Waals surface area contributed by atoms with E-state index >= 15 is 0 Å². The second kappa shape index (κ2) is 13.8. The smallest absolute Gasteiger partial charge is 0.418 e. The fraction of sp³-hybridized carbons (Fsp3) is 0.636. The summed E-state index contributed by atoms with van der Waals surface area (Å²) in [6.45, 7) is 13.3. The van der Waals surface area contributed by atoms with Gasteiger partial charge in [0.15, 0.2) is 0 Å². The highest BCUT2D eigenvalue weighted by Crippen LogP contribution is 2.44. The van der Waals surface area contributed by atoms with E-state index in [2.05, 4.69) is 58.4 Å². The predicted octanol–water partition coefficient (Wildman–Crippen LogP) is 5.00. The third-order valence-corrected chi connectivity index (χ3v) is 11.2. The van der Waals surface area contributed by atoms with Gasteiger partial charge >= 0.3 is 12.2 Å². The third-order valence-electron chi connectivity index (χ3n) is 9.53. The summed E-state index contributed by atoms with van der Waals surface area (Å²) >= 11 is 0. The second-order valence-electron chi connectivity index (χ2n) is 14.7. The molecule has 3 N–H and O–H groups in total. The van der Waals surface area contributed by atoms with Crippen molar-refractivity contribution in [2.75, 3.05) is 55.7 Å². The first-order chi connectivity index (χ1) is 22.8. The van der Waals surface area contributed by atoms with Crippen LogP contribution in [0.1, 0.15) is 48.7 Å². The number of piperazine rings is 1. The van der Waals surface area contributed by atoms with Gasteiger partial charge in [-0.2, -0.15) is 33.5 Å². The molecule has 15 heteroatoms. The van der Waals surface area contributed by atoms with E-state index in [1.54, 1.807) is 4.90 Å². The average Bonchev–Trinajstić information content (AvgIpc) is 3.67. The Morgan fingerprint density at radius 1 is 1.15 bits per heavy atom. The molecule has 0 amide bonds. The van der Waals surface area contributed by atoms with E-state index in [-0.39, 0.29) is 36.4 Å². The Morgan fingerprint density at radius 2 is 1.98 bits per heavy atom. The molecule has 260 valence electrons. The summed E-state index contributed by atoms with van der Waals surface area (Å²) in [7, 11) is -1.34. The lowest BCUT2D eigenvalue weighted by molar-refractivity contribution is -0.137. The quantitative estimate of drug-likeness (QED) is 0.188. The number of nitriles is 1. The van der Waals surface area contributed by atoms with Crippen molar-refractivity contribution in [2.45, 2.75) is 89.2 Å². The minimum Gasteiger partial charge on any atom is -0.461 e. The van der Waals surface area contributed by atoms with E-state index in [4.69, 9.17) is 19.4 Å². The highest BCUT2D eigenvalue weighted by Gasteiger charge is 2.39. The highest BCUT2D eigenvalue weighted by molar-refractivity contribution is 6.76. The molecule has 48 heavy (non-hydrogen) atoms. The van der Waals surface area contributed by atoms with Crippen molar-refractivity contribution in [1.29, 1.82) is 5.26 Å². The van der Waals surface area contributed by atoms with Gasteiger partial charge in [-0.1, -0.05) is 19.6 Å². The number of hydrogen-bond acceptors (Lipinski definition) is 10. The molecule has 0 aliphatic carbocycles. The van der Waals surface area contributed by atoms with E-state index in [9.17, 15) is 18.4 Å². The van der Waals surface area contributed by atoms with Crippen molar-refractivity contribution in [1.82, 2.24) is 30.8 Å². The molecular formula is C33H46F3N9O2Si. The maximum Gasteiger partial charge on any atom is 0.418 e. The summed E-state index contributed by atoms with van der Waals surface area (Å²) in [5.41, 5.74) is 1.71. The molecule has 2 aromatic heterocycles. The van der Waals surface area contributed by atoms with Crippen LogP contribution in [0.15, 0.2) is 12.1 Å². The Morgan fingerprint density at radius 3 is 2.71 bits per heavy atom. The van der Waals surface area contributed by atoms with Crippen molar-refractivity contribution < 1.29 is 22.6 Å². The maximum absolute atomic E-state index is 14.7. The van der Waals surface area contributed by atoms with Crippen LogP contribution in [0.2, 0.25) is 25.7 Å². The number of rotatable bonds is 11. The van der Waals surface area contributed by atoms with Gasteiger partial charge in [0.05, 0.1) is 53.8 Å². The van der Waals surface area contributed by atoms with Gasteiger partial charge in [0, 0.05) is 63.4 Å². The van der Waals surface area contributed by atoms with Crippen LogP contribution in [-0.4, -0.2) is 85.8 Å². The molecule has 3 aliphatic rings. The molecule has 6 rings (SSSR count). The zero-order valence-electron chi connectivity index (χ0n) is 28.3. The number of alkyl halides is 3. The molecule has 2 saturated heterocycles. The number of aromatic nitrogens is 4. The van der Waals surface area contributed by atoms with E-state index < -0.39 is 19.8 Å². The lowest BCUT2D eigenvalue weighted by Gasteiger charge is -2.38. The highest BCUT2D eigenvalue weighted by atomic mass is 28.3. The fourth-order valence-electron chi connectivity index (χ4n) is 6.84. The van der Waals surface area contributed by atoms with E-state index in [0.717, 1.165) is 42.9 Å². The number of benzene rings is 1. The number of fused-ring (bicyclic) bond motifs is 2. The van der Waals surface area contributed by atoms with Crippen molar-refractivity contribution in [2.24, 2.45) is 0 Å². The van der Waals surface area contributed by atoms with Gasteiger partial charge in [0.1, 0.15) is 12.4 Å². The average molecular weight is 686 g/mol. The van der Waals surface area contributed by atoms with Crippen molar-refractivity contribution >= 4 is 30.5 Å². The van der Waals surface area contributed by atoms with Gasteiger partial charge in [0.25, 0.3) is 0 Å². The van der Waals surface area contributed by atoms with Crippen LogP contribution in [-0.2, 0) is 30.5 Å². The monoisotopic (exact) mass is 685 g/mol. The standard InChI is InChI=1S/C33H46F3N9O2Si/c1-32(10-5-12-39-32)21-47-31-40-26-19-44(14-9-23(26)30(41-31)45-15-13-38-22(18-45)8-11-37)29-24(33(34,35)36)6-7-25-28(29)27(43-42-25)20-46-16-17-48(2,3)4/h6-7,22,38-39H,5,8-10,12-21H2,1-4H3,(H,42,43)/t22?,32-/m1/s1. The van der Waals surface area contributed by atoms with Crippen molar-refractivity contribution in [3.05, 3.63) is 34.6 Å². The van der Waals surface area contributed by atoms with Gasteiger partial charge in [-0.3, -0.25) is 5.10 Å². The van der Waals surface area contributed by atoms with E-state index in [1.807, 2.05) is 0 Å². The molecule has 0 saturated carbocycles. The number of H-pyrrole nitrogens is 1. The fourth-order valence-corrected chi connectivity index (χ4v) is 7.60. The Kier molecular flexibility index (Phi) is 9.90. The number of nitrogens with zero attached hydrogens (tertiary/aromatic N) is 6. The molecule has 11 nitrogen and oxygen atoms in total. The summed E-state index contributed by atoms with van der Waals surface area (Å²) in [4.78, 5) is 13.7. The summed E-state index contributed by atoms with van der Waals surface area (Å²) in [6.07, 6.45) is -1.75. The van der Waals surface area contributed by atoms with Crippen LogP contribution in [0, 0.1) is 11.3 Å². The van der Waals surface area contributed by atoms with Crippen LogP contribution in [0.4, 0.5) is 24.7 Å². The summed E-state index contributed by atoms with van der Waals surface area (Å²) in [5, 5.41) is 24.0. The molecular weight excluding hydrogens is 640 g/mol. The largest absolute Gasteiger partial charge is 0.461 e. The Labute approximate surface area is 280 Å². The maximum atomic E-state index is 14.7. The first-order valence-corrected chi connectivity index (χ1v) is 20.6. The van der Waals surface area contributed by atoms with Crippen LogP contribution in [0.3, 0.4) is 0 Å². The summed E-state index contributed by atoms with van der Waals surface area (Å²) in [5.74, 6) is 0.734. The van der Waals surface area contributed by atoms with Crippen LogP contribution in [0.5, 0.6) is 6.01 Å². The first-order valence-electron chi connectivity index (χ1n) is 16.9. The van der Waals surface area contributed by atoms with Gasteiger partial charge in [0.2, 0.25) is 0 Å². The van der Waals surface area contributed by atoms with Gasteiger partial charge in [-0.15, -0.1) is 0 Å². The van der Waals surface area contributed by atoms with Crippen molar-refractivity contribution in [3.8, 4) is 12.1 Å². The van der Waals surface area contributed by atoms with Gasteiger partial charge in [-0.05, 0) is 50.9 Å². The Hall–Kier alpha value is -3.45. The Balaban J connectivity index is 1.36. The Bertz CT molecular complexity index is 1650. The van der Waals surface area contributed by atoms with Crippen LogP contribution < -0.4 is 25.2 Å². The molecule has 5 heterocycles. The van der Waals surface area contributed by atoms with Crippen LogP contribution in [0.25, 0.3) is 10.9 Å².